The smallest absolute Gasteiger partial charge is 0.272 e. The molecule has 0 fully saturated rings. The molecule has 0 bridgehead atoms. The van der Waals surface area contributed by atoms with E-state index in [1.807, 2.05) is 6.07 Å². The number of ether oxygens (including phenoxy) is 1. The number of hydrogen-bond donors (Lipinski definition) is 1. The van der Waals surface area contributed by atoms with Crippen LogP contribution in [0.1, 0.15) is 10.5 Å². The lowest BCUT2D eigenvalue weighted by molar-refractivity contribution is 0.101. The Bertz CT molecular complexity index is 1190. The van der Waals surface area contributed by atoms with E-state index in [-0.39, 0.29) is 11.5 Å². The predicted octanol–water partition coefficient (Wildman–Crippen LogP) is 2.45. The molecule has 130 valence electrons. The number of aromatic nitrogens is 3. The summed E-state index contributed by atoms with van der Waals surface area (Å²) in [5, 5.41) is 3.22. The molecule has 4 aromatic rings. The van der Waals surface area contributed by atoms with E-state index in [2.05, 4.69) is 10.3 Å². The summed E-state index contributed by atoms with van der Waals surface area (Å²) in [5.74, 6) is 0.389. The fourth-order valence-electron chi connectivity index (χ4n) is 2.91. The number of benzene rings is 1. The maximum atomic E-state index is 12.7. The number of carbonyl (C=O) groups is 1. The second kappa shape index (κ2) is 6.03. The van der Waals surface area contributed by atoms with Gasteiger partial charge in [-0.3, -0.25) is 14.0 Å². The summed E-state index contributed by atoms with van der Waals surface area (Å²) in [6, 6.07) is 13.9. The van der Waals surface area contributed by atoms with Gasteiger partial charge in [-0.15, -0.1) is 0 Å². The molecule has 0 saturated carbocycles. The largest absolute Gasteiger partial charge is 0.497 e. The minimum absolute atomic E-state index is 0.204. The monoisotopic (exact) mass is 348 g/mol. The van der Waals surface area contributed by atoms with Crippen LogP contribution in [0.15, 0.2) is 59.5 Å². The zero-order valence-corrected chi connectivity index (χ0v) is 14.3. The van der Waals surface area contributed by atoms with Crippen LogP contribution in [0.4, 0.5) is 5.69 Å². The maximum Gasteiger partial charge on any atom is 0.272 e. The van der Waals surface area contributed by atoms with Crippen LogP contribution in [0, 0.1) is 0 Å². The van der Waals surface area contributed by atoms with Crippen molar-refractivity contribution < 1.29 is 9.53 Å². The van der Waals surface area contributed by atoms with Crippen LogP contribution in [0.25, 0.3) is 16.7 Å². The van der Waals surface area contributed by atoms with Crippen LogP contribution in [0.3, 0.4) is 0 Å². The Morgan fingerprint density at radius 3 is 2.65 bits per heavy atom. The molecule has 3 heterocycles. The molecule has 0 spiro atoms. The Morgan fingerprint density at radius 1 is 1.15 bits per heavy atom. The molecular weight excluding hydrogens is 332 g/mol. The fraction of sp³-hybridized carbons (Fsp3) is 0.105. The summed E-state index contributed by atoms with van der Waals surface area (Å²) in [4.78, 5) is 29.8. The van der Waals surface area contributed by atoms with Crippen molar-refractivity contribution in [3.05, 3.63) is 70.8 Å². The lowest BCUT2D eigenvalue weighted by Gasteiger charge is -2.07. The number of amides is 1. The van der Waals surface area contributed by atoms with Crippen molar-refractivity contribution in [1.29, 1.82) is 0 Å². The van der Waals surface area contributed by atoms with Gasteiger partial charge in [0, 0.05) is 18.9 Å². The van der Waals surface area contributed by atoms with E-state index in [1.54, 1.807) is 67.4 Å². The molecule has 4 rings (SSSR count). The van der Waals surface area contributed by atoms with E-state index in [4.69, 9.17) is 4.74 Å². The highest BCUT2D eigenvalue weighted by Crippen LogP contribution is 2.18. The van der Waals surface area contributed by atoms with Gasteiger partial charge in [0.05, 0.1) is 12.5 Å². The quantitative estimate of drug-likeness (QED) is 0.617. The zero-order chi connectivity index (χ0) is 18.3. The van der Waals surface area contributed by atoms with E-state index >= 15 is 0 Å². The highest BCUT2D eigenvalue weighted by molar-refractivity contribution is 6.06. The number of methoxy groups -OCH3 is 1. The number of nitrogens with one attached hydrogen (secondary N) is 1. The van der Waals surface area contributed by atoms with Crippen molar-refractivity contribution in [2.24, 2.45) is 7.05 Å². The SMILES string of the molecule is COc1ccc(NC(=O)c2cc3c(=O)n4ccccc4nc3n2C)cc1. The van der Waals surface area contributed by atoms with Gasteiger partial charge in [-0.25, -0.2) is 4.98 Å². The Hall–Kier alpha value is -3.61. The molecule has 26 heavy (non-hydrogen) atoms. The molecule has 1 amide bonds. The third-order valence-electron chi connectivity index (χ3n) is 4.29. The van der Waals surface area contributed by atoms with Gasteiger partial charge in [-0.1, -0.05) is 6.07 Å². The number of hydrogen-bond acceptors (Lipinski definition) is 4. The summed E-state index contributed by atoms with van der Waals surface area (Å²) in [7, 11) is 3.30. The molecule has 0 aliphatic carbocycles. The van der Waals surface area contributed by atoms with Gasteiger partial charge < -0.3 is 14.6 Å². The van der Waals surface area contributed by atoms with Crippen LogP contribution in [0.5, 0.6) is 5.75 Å². The average Bonchev–Trinajstić information content (AvgIpc) is 3.00. The van der Waals surface area contributed by atoms with Crippen LogP contribution in [0.2, 0.25) is 0 Å². The number of aryl methyl sites for hydroxylation is 1. The first-order valence-corrected chi connectivity index (χ1v) is 8.01. The van der Waals surface area contributed by atoms with Gasteiger partial charge in [0.15, 0.2) is 0 Å². The fourth-order valence-corrected chi connectivity index (χ4v) is 2.91. The highest BCUT2D eigenvalue weighted by Gasteiger charge is 2.17. The van der Waals surface area contributed by atoms with E-state index in [1.165, 1.54) is 4.40 Å². The molecule has 1 aromatic carbocycles. The van der Waals surface area contributed by atoms with Gasteiger partial charge in [0.2, 0.25) is 0 Å². The van der Waals surface area contributed by atoms with Crippen LogP contribution < -0.4 is 15.6 Å². The third kappa shape index (κ3) is 2.50. The second-order valence-corrected chi connectivity index (χ2v) is 5.85. The molecule has 0 radical (unpaired) electrons. The van der Waals surface area contributed by atoms with E-state index in [9.17, 15) is 9.59 Å². The number of pyridine rings is 1. The second-order valence-electron chi connectivity index (χ2n) is 5.85. The van der Waals surface area contributed by atoms with Crippen molar-refractivity contribution in [2.45, 2.75) is 0 Å². The summed E-state index contributed by atoms with van der Waals surface area (Å²) >= 11 is 0. The Balaban J connectivity index is 1.77. The van der Waals surface area contributed by atoms with Gasteiger partial charge in [-0.2, -0.15) is 0 Å². The first kappa shape index (κ1) is 15.9. The lowest BCUT2D eigenvalue weighted by Crippen LogP contribution is -2.16. The lowest BCUT2D eigenvalue weighted by atomic mass is 10.3. The van der Waals surface area contributed by atoms with Crippen molar-refractivity contribution in [1.82, 2.24) is 14.0 Å². The van der Waals surface area contributed by atoms with Crippen molar-refractivity contribution in [3.63, 3.8) is 0 Å². The van der Waals surface area contributed by atoms with Gasteiger partial charge in [-0.05, 0) is 42.5 Å². The first-order chi connectivity index (χ1) is 12.6. The van der Waals surface area contributed by atoms with Gasteiger partial charge in [0.25, 0.3) is 11.5 Å². The van der Waals surface area contributed by atoms with Crippen molar-refractivity contribution in [2.75, 3.05) is 12.4 Å². The van der Waals surface area contributed by atoms with Gasteiger partial charge >= 0.3 is 0 Å². The van der Waals surface area contributed by atoms with Crippen LogP contribution >= 0.6 is 0 Å². The molecule has 0 aliphatic rings. The Kier molecular flexibility index (Phi) is 3.69. The topological polar surface area (TPSA) is 77.6 Å². The molecule has 0 aliphatic heterocycles. The van der Waals surface area contributed by atoms with Crippen molar-refractivity contribution in [3.8, 4) is 5.75 Å². The summed E-state index contributed by atoms with van der Waals surface area (Å²) in [6.45, 7) is 0. The molecule has 0 atom stereocenters. The number of rotatable bonds is 3. The van der Waals surface area contributed by atoms with E-state index in [0.29, 0.717) is 33.8 Å². The minimum Gasteiger partial charge on any atom is -0.497 e. The first-order valence-electron chi connectivity index (χ1n) is 8.01. The predicted molar refractivity (Wildman–Crippen MR) is 98.9 cm³/mol. The Labute approximate surface area is 148 Å². The van der Waals surface area contributed by atoms with Gasteiger partial charge in [0.1, 0.15) is 22.7 Å². The van der Waals surface area contributed by atoms with Crippen molar-refractivity contribution >= 4 is 28.3 Å². The number of fused-ring (bicyclic) bond motifs is 2. The van der Waals surface area contributed by atoms with Crippen LogP contribution in [-0.2, 0) is 7.05 Å². The van der Waals surface area contributed by atoms with E-state index in [0.717, 1.165) is 0 Å². The number of carbonyl (C=O) groups excluding carboxylic acids is 1. The molecule has 1 N–H and O–H groups in total. The third-order valence-corrected chi connectivity index (χ3v) is 4.29. The van der Waals surface area contributed by atoms with Crippen LogP contribution in [-0.4, -0.2) is 27.0 Å². The van der Waals surface area contributed by atoms with E-state index < -0.39 is 0 Å². The molecule has 3 aromatic heterocycles. The molecular formula is C19H16N4O3. The molecule has 7 heteroatoms. The zero-order valence-electron chi connectivity index (χ0n) is 14.3. The normalized spacial score (nSPS) is 11.0. The molecule has 7 nitrogen and oxygen atoms in total. The molecule has 0 unspecified atom stereocenters. The average molecular weight is 348 g/mol. The highest BCUT2D eigenvalue weighted by atomic mass is 16.5. The molecule has 0 saturated heterocycles. The summed E-state index contributed by atoms with van der Waals surface area (Å²) < 4.78 is 8.20. The minimum atomic E-state index is -0.316. The number of anilines is 1. The maximum absolute atomic E-state index is 12.7. The number of nitrogens with zero attached hydrogens (tertiary/aromatic N) is 3. The standard InChI is InChI=1S/C19H16N4O3/c1-22-15(18(24)20-12-6-8-13(26-2)9-7-12)11-14-17(22)21-16-5-3-4-10-23(16)19(14)25/h3-11H,1-2H3,(H,20,24). The summed E-state index contributed by atoms with van der Waals surface area (Å²) in [5.41, 5.74) is 1.80. The Morgan fingerprint density at radius 2 is 1.92 bits per heavy atom. The summed E-state index contributed by atoms with van der Waals surface area (Å²) in [6.07, 6.45) is 1.66.